The van der Waals surface area contributed by atoms with Crippen molar-refractivity contribution < 1.29 is 4.79 Å². The highest BCUT2D eigenvalue weighted by Gasteiger charge is 2.28. The molecule has 3 heterocycles. The minimum Gasteiger partial charge on any atom is -0.334 e. The van der Waals surface area contributed by atoms with Gasteiger partial charge in [0.05, 0.1) is 18.3 Å². The van der Waals surface area contributed by atoms with E-state index in [9.17, 15) is 4.79 Å². The molecule has 1 saturated heterocycles. The standard InChI is InChI=1S/C15H20N6O/c1-12-17-18-19-21(12)11-8-15(22)20-10-5-3-7-14(20)13-6-2-4-9-16-13/h2,4,6,9,14H,3,5,7-8,10-11H2,1H3/t14-/m0/s1. The first-order valence-electron chi connectivity index (χ1n) is 7.69. The van der Waals surface area contributed by atoms with E-state index < -0.39 is 0 Å². The molecule has 0 aromatic carbocycles. The molecule has 1 atom stereocenters. The Balaban J connectivity index is 1.68. The van der Waals surface area contributed by atoms with Crippen LogP contribution in [0, 0.1) is 6.92 Å². The van der Waals surface area contributed by atoms with Gasteiger partial charge in [-0.3, -0.25) is 9.78 Å². The molecule has 0 unspecified atom stereocenters. The number of carbonyl (C=O) groups is 1. The molecule has 7 heteroatoms. The quantitative estimate of drug-likeness (QED) is 0.855. The maximum atomic E-state index is 12.6. The summed E-state index contributed by atoms with van der Waals surface area (Å²) in [4.78, 5) is 19.0. The van der Waals surface area contributed by atoms with Crippen LogP contribution in [0.1, 0.15) is 43.2 Å². The third-order valence-corrected chi connectivity index (χ3v) is 4.10. The number of carbonyl (C=O) groups excluding carboxylic acids is 1. The molecule has 116 valence electrons. The Kier molecular flexibility index (Phi) is 4.41. The minimum atomic E-state index is 0.0948. The van der Waals surface area contributed by atoms with Gasteiger partial charge >= 0.3 is 0 Å². The van der Waals surface area contributed by atoms with Gasteiger partial charge in [0.1, 0.15) is 5.82 Å². The Morgan fingerprint density at radius 3 is 3.00 bits per heavy atom. The van der Waals surface area contributed by atoms with E-state index in [1.54, 1.807) is 10.9 Å². The molecule has 0 bridgehead atoms. The Bertz CT molecular complexity index is 626. The lowest BCUT2D eigenvalue weighted by Gasteiger charge is -2.35. The predicted octanol–water partition coefficient (Wildman–Crippen LogP) is 1.52. The number of likely N-dealkylation sites (tertiary alicyclic amines) is 1. The van der Waals surface area contributed by atoms with Crippen LogP contribution in [0.25, 0.3) is 0 Å². The van der Waals surface area contributed by atoms with Crippen molar-refractivity contribution in [3.63, 3.8) is 0 Å². The van der Waals surface area contributed by atoms with Gasteiger partial charge in [0.15, 0.2) is 0 Å². The lowest BCUT2D eigenvalue weighted by Crippen LogP contribution is -2.39. The summed E-state index contributed by atoms with van der Waals surface area (Å²) in [6.07, 6.45) is 5.37. The van der Waals surface area contributed by atoms with E-state index in [2.05, 4.69) is 20.5 Å². The molecule has 1 aliphatic heterocycles. The fourth-order valence-corrected chi connectivity index (χ4v) is 2.91. The van der Waals surface area contributed by atoms with Crippen molar-refractivity contribution in [2.75, 3.05) is 6.54 Å². The van der Waals surface area contributed by atoms with E-state index in [-0.39, 0.29) is 11.9 Å². The average Bonchev–Trinajstić information content (AvgIpc) is 2.98. The summed E-state index contributed by atoms with van der Waals surface area (Å²) in [7, 11) is 0. The summed E-state index contributed by atoms with van der Waals surface area (Å²) in [5.74, 6) is 0.873. The molecule has 2 aromatic rings. The minimum absolute atomic E-state index is 0.0948. The number of hydrogen-bond acceptors (Lipinski definition) is 5. The zero-order valence-electron chi connectivity index (χ0n) is 12.7. The van der Waals surface area contributed by atoms with Crippen molar-refractivity contribution in [2.45, 2.75) is 45.2 Å². The highest BCUT2D eigenvalue weighted by Crippen LogP contribution is 2.30. The number of tetrazole rings is 1. The summed E-state index contributed by atoms with van der Waals surface area (Å²) in [6, 6.07) is 5.97. The average molecular weight is 300 g/mol. The first-order valence-corrected chi connectivity index (χ1v) is 7.69. The van der Waals surface area contributed by atoms with Crippen LogP contribution in [0.4, 0.5) is 0 Å². The fourth-order valence-electron chi connectivity index (χ4n) is 2.91. The van der Waals surface area contributed by atoms with E-state index in [0.717, 1.165) is 37.3 Å². The Morgan fingerprint density at radius 2 is 2.27 bits per heavy atom. The van der Waals surface area contributed by atoms with Gasteiger partial charge in [-0.2, -0.15) is 0 Å². The van der Waals surface area contributed by atoms with E-state index >= 15 is 0 Å². The molecular weight excluding hydrogens is 280 g/mol. The van der Waals surface area contributed by atoms with Gasteiger partial charge in [-0.25, -0.2) is 4.68 Å². The lowest BCUT2D eigenvalue weighted by atomic mass is 9.98. The molecule has 3 rings (SSSR count). The van der Waals surface area contributed by atoms with E-state index in [1.165, 1.54) is 0 Å². The van der Waals surface area contributed by atoms with Gasteiger partial charge in [0.25, 0.3) is 0 Å². The van der Waals surface area contributed by atoms with Crippen LogP contribution in [0.3, 0.4) is 0 Å². The summed E-state index contributed by atoms with van der Waals surface area (Å²) in [6.45, 7) is 3.15. The smallest absolute Gasteiger partial charge is 0.225 e. The van der Waals surface area contributed by atoms with Crippen molar-refractivity contribution in [3.05, 3.63) is 35.9 Å². The van der Waals surface area contributed by atoms with Crippen LogP contribution in [0.2, 0.25) is 0 Å². The van der Waals surface area contributed by atoms with Crippen molar-refractivity contribution in [1.29, 1.82) is 0 Å². The lowest BCUT2D eigenvalue weighted by molar-refractivity contribution is -0.135. The van der Waals surface area contributed by atoms with Gasteiger partial charge in [-0.1, -0.05) is 6.07 Å². The number of rotatable bonds is 4. The normalized spacial score (nSPS) is 18.4. The molecule has 1 amide bonds. The molecule has 1 fully saturated rings. The molecule has 0 spiro atoms. The van der Waals surface area contributed by atoms with Crippen LogP contribution in [0.5, 0.6) is 0 Å². The van der Waals surface area contributed by atoms with E-state index in [0.29, 0.717) is 13.0 Å². The molecule has 7 nitrogen and oxygen atoms in total. The highest BCUT2D eigenvalue weighted by atomic mass is 16.2. The third-order valence-electron chi connectivity index (χ3n) is 4.10. The summed E-state index contributed by atoms with van der Waals surface area (Å²) in [5, 5.41) is 11.3. The zero-order chi connectivity index (χ0) is 15.4. The maximum Gasteiger partial charge on any atom is 0.225 e. The van der Waals surface area contributed by atoms with Gasteiger partial charge < -0.3 is 4.90 Å². The Hall–Kier alpha value is -2.31. The van der Waals surface area contributed by atoms with Crippen LogP contribution in [-0.2, 0) is 11.3 Å². The Labute approximate surface area is 129 Å². The van der Waals surface area contributed by atoms with Crippen LogP contribution >= 0.6 is 0 Å². The van der Waals surface area contributed by atoms with Gasteiger partial charge in [0, 0.05) is 19.2 Å². The fraction of sp³-hybridized carbons (Fsp3) is 0.533. The molecule has 0 aliphatic carbocycles. The predicted molar refractivity (Wildman–Crippen MR) is 79.7 cm³/mol. The molecular formula is C15H20N6O. The van der Waals surface area contributed by atoms with Crippen molar-refractivity contribution >= 4 is 5.91 Å². The van der Waals surface area contributed by atoms with Gasteiger partial charge in [0.2, 0.25) is 5.91 Å². The molecule has 0 N–H and O–H groups in total. The first kappa shape index (κ1) is 14.6. The zero-order valence-corrected chi connectivity index (χ0v) is 12.7. The van der Waals surface area contributed by atoms with Crippen molar-refractivity contribution in [3.8, 4) is 0 Å². The number of piperidine rings is 1. The van der Waals surface area contributed by atoms with E-state index in [4.69, 9.17) is 0 Å². The van der Waals surface area contributed by atoms with E-state index in [1.807, 2.05) is 30.0 Å². The number of aromatic nitrogens is 5. The summed E-state index contributed by atoms with van der Waals surface area (Å²) in [5.41, 5.74) is 0.981. The largest absolute Gasteiger partial charge is 0.334 e. The molecule has 0 radical (unpaired) electrons. The first-order chi connectivity index (χ1) is 10.8. The van der Waals surface area contributed by atoms with Crippen molar-refractivity contribution in [1.82, 2.24) is 30.1 Å². The second-order valence-electron chi connectivity index (χ2n) is 5.55. The summed E-state index contributed by atoms with van der Waals surface area (Å²) < 4.78 is 1.66. The van der Waals surface area contributed by atoms with Crippen LogP contribution in [-0.4, -0.2) is 42.5 Å². The monoisotopic (exact) mass is 300 g/mol. The molecule has 2 aromatic heterocycles. The number of nitrogens with zero attached hydrogens (tertiary/aromatic N) is 6. The van der Waals surface area contributed by atoms with Gasteiger partial charge in [-0.15, -0.1) is 5.10 Å². The van der Waals surface area contributed by atoms with Crippen LogP contribution < -0.4 is 0 Å². The number of pyridine rings is 1. The number of aryl methyl sites for hydroxylation is 2. The molecule has 22 heavy (non-hydrogen) atoms. The van der Waals surface area contributed by atoms with Crippen molar-refractivity contribution in [2.24, 2.45) is 0 Å². The molecule has 1 aliphatic rings. The summed E-state index contributed by atoms with van der Waals surface area (Å²) >= 11 is 0. The topological polar surface area (TPSA) is 76.8 Å². The Morgan fingerprint density at radius 1 is 1.36 bits per heavy atom. The highest BCUT2D eigenvalue weighted by molar-refractivity contribution is 5.76. The third kappa shape index (κ3) is 3.13. The number of amides is 1. The second-order valence-corrected chi connectivity index (χ2v) is 5.55. The van der Waals surface area contributed by atoms with Crippen LogP contribution in [0.15, 0.2) is 24.4 Å². The second kappa shape index (κ2) is 6.64. The maximum absolute atomic E-state index is 12.6. The number of hydrogen-bond donors (Lipinski definition) is 0. The SMILES string of the molecule is Cc1nnnn1CCC(=O)N1CCCC[C@H]1c1ccccn1. The molecule has 0 saturated carbocycles. The van der Waals surface area contributed by atoms with Gasteiger partial charge in [-0.05, 0) is 48.7 Å².